The number of ether oxygens (including phenoxy) is 1. The Kier molecular flexibility index (Phi) is 3.58. The van der Waals surface area contributed by atoms with Gasteiger partial charge in [-0.3, -0.25) is 4.79 Å². The lowest BCUT2D eigenvalue weighted by atomic mass is 9.79. The second-order valence-electron chi connectivity index (χ2n) is 5.24. The van der Waals surface area contributed by atoms with Crippen molar-refractivity contribution < 1.29 is 14.6 Å². The number of carboxylic acids is 1. The highest BCUT2D eigenvalue weighted by atomic mass is 16.5. The first-order valence-corrected chi connectivity index (χ1v) is 6.55. The molecule has 19 heavy (non-hydrogen) atoms. The van der Waals surface area contributed by atoms with E-state index < -0.39 is 11.9 Å². The molecule has 0 aromatic carbocycles. The number of aryl methyl sites for hydroxylation is 2. The highest BCUT2D eigenvalue weighted by Crippen LogP contribution is 2.43. The number of hydrogen-bond donors (Lipinski definition) is 1. The Labute approximate surface area is 113 Å². The summed E-state index contributed by atoms with van der Waals surface area (Å²) in [7, 11) is 1.68. The van der Waals surface area contributed by atoms with Crippen LogP contribution in [0.2, 0.25) is 0 Å². The number of carboxylic acid groups (broad SMARTS) is 1. The minimum atomic E-state index is -0.854. The minimum Gasteiger partial charge on any atom is -0.481 e. The molecule has 0 spiro atoms. The maximum Gasteiger partial charge on any atom is 0.310 e. The summed E-state index contributed by atoms with van der Waals surface area (Å²) in [6.07, 6.45) is 2.97. The molecule has 1 aliphatic rings. The molecule has 1 N–H and O–H groups in total. The fourth-order valence-corrected chi connectivity index (χ4v) is 2.70. The molecule has 0 saturated heterocycles. The molecule has 0 bridgehead atoms. The van der Waals surface area contributed by atoms with E-state index in [1.165, 1.54) is 0 Å². The van der Waals surface area contributed by atoms with Gasteiger partial charge in [-0.15, -0.1) is 0 Å². The van der Waals surface area contributed by atoms with Gasteiger partial charge in [-0.1, -0.05) is 0 Å². The number of carbonyl (C=O) groups is 1. The zero-order valence-corrected chi connectivity index (χ0v) is 11.9. The number of aliphatic carboxylic acids is 1. The third-order valence-corrected chi connectivity index (χ3v) is 4.09. The van der Waals surface area contributed by atoms with Gasteiger partial charge in [-0.05, 0) is 40.0 Å². The van der Waals surface area contributed by atoms with E-state index >= 15 is 0 Å². The average molecular weight is 264 g/mol. The Balaban J connectivity index is 2.45. The molecule has 1 aliphatic carbocycles. The van der Waals surface area contributed by atoms with Crippen LogP contribution >= 0.6 is 0 Å². The van der Waals surface area contributed by atoms with Crippen molar-refractivity contribution >= 4 is 5.97 Å². The van der Waals surface area contributed by atoms with Crippen LogP contribution in [0.25, 0.3) is 0 Å². The van der Waals surface area contributed by atoms with Crippen LogP contribution in [0.15, 0.2) is 0 Å². The zero-order valence-electron chi connectivity index (χ0n) is 11.9. The molecule has 1 atom stereocenters. The van der Waals surface area contributed by atoms with Crippen molar-refractivity contribution in [3.05, 3.63) is 22.8 Å². The lowest BCUT2D eigenvalue weighted by molar-refractivity contribution is -0.138. The number of aromatic nitrogens is 2. The van der Waals surface area contributed by atoms with E-state index in [9.17, 15) is 4.79 Å². The van der Waals surface area contributed by atoms with Gasteiger partial charge in [0.2, 0.25) is 0 Å². The van der Waals surface area contributed by atoms with Crippen LogP contribution in [0.1, 0.15) is 54.9 Å². The van der Waals surface area contributed by atoms with E-state index in [2.05, 4.69) is 9.97 Å². The monoisotopic (exact) mass is 264 g/mol. The van der Waals surface area contributed by atoms with Crippen LogP contribution < -0.4 is 0 Å². The van der Waals surface area contributed by atoms with Gasteiger partial charge in [-0.25, -0.2) is 9.97 Å². The standard InChI is InChI=1S/C14H20N2O3/c1-8(12(17)18)11-9(2)15-13(16-10(11)3)14(19-4)6-5-7-14/h8H,5-7H2,1-4H3,(H,17,18). The molecule has 5 nitrogen and oxygen atoms in total. The van der Waals surface area contributed by atoms with Gasteiger partial charge in [-0.2, -0.15) is 0 Å². The van der Waals surface area contributed by atoms with Crippen LogP contribution in [0.4, 0.5) is 0 Å². The molecule has 1 aromatic rings. The summed E-state index contributed by atoms with van der Waals surface area (Å²) < 4.78 is 5.58. The normalized spacial score (nSPS) is 18.7. The Morgan fingerprint density at radius 3 is 2.16 bits per heavy atom. The second-order valence-corrected chi connectivity index (χ2v) is 5.24. The second kappa shape index (κ2) is 4.89. The third kappa shape index (κ3) is 2.23. The maximum absolute atomic E-state index is 11.1. The fourth-order valence-electron chi connectivity index (χ4n) is 2.70. The van der Waals surface area contributed by atoms with Crippen molar-refractivity contribution in [1.82, 2.24) is 9.97 Å². The SMILES string of the molecule is COC1(c2nc(C)c(C(C)C(=O)O)c(C)n2)CCC1. The van der Waals surface area contributed by atoms with Gasteiger partial charge < -0.3 is 9.84 Å². The average Bonchev–Trinajstić information content (AvgIpc) is 2.27. The lowest BCUT2D eigenvalue weighted by Crippen LogP contribution is -2.38. The molecular formula is C14H20N2O3. The van der Waals surface area contributed by atoms with Crippen molar-refractivity contribution in [3.63, 3.8) is 0 Å². The summed E-state index contributed by atoms with van der Waals surface area (Å²) in [6.45, 7) is 5.35. The molecule has 1 saturated carbocycles. The third-order valence-electron chi connectivity index (χ3n) is 4.09. The van der Waals surface area contributed by atoms with Crippen molar-refractivity contribution in [2.45, 2.75) is 51.6 Å². The first-order valence-electron chi connectivity index (χ1n) is 6.55. The molecular weight excluding hydrogens is 244 g/mol. The molecule has 1 heterocycles. The van der Waals surface area contributed by atoms with E-state index in [0.29, 0.717) is 11.4 Å². The van der Waals surface area contributed by atoms with Gasteiger partial charge in [0.05, 0.1) is 5.92 Å². The Morgan fingerprint density at radius 1 is 1.32 bits per heavy atom. The van der Waals surface area contributed by atoms with E-state index in [-0.39, 0.29) is 5.60 Å². The maximum atomic E-state index is 11.1. The largest absolute Gasteiger partial charge is 0.481 e. The molecule has 104 valence electrons. The van der Waals surface area contributed by atoms with Crippen LogP contribution in [-0.2, 0) is 15.1 Å². The number of methoxy groups -OCH3 is 1. The highest BCUT2D eigenvalue weighted by Gasteiger charge is 2.42. The van der Waals surface area contributed by atoms with Crippen LogP contribution in [0, 0.1) is 13.8 Å². The molecule has 0 radical (unpaired) electrons. The van der Waals surface area contributed by atoms with Crippen LogP contribution in [-0.4, -0.2) is 28.2 Å². The van der Waals surface area contributed by atoms with E-state index in [4.69, 9.17) is 9.84 Å². The molecule has 0 aliphatic heterocycles. The Bertz CT molecular complexity index is 481. The summed E-state index contributed by atoms with van der Waals surface area (Å²) in [4.78, 5) is 20.1. The fraction of sp³-hybridized carbons (Fsp3) is 0.643. The predicted molar refractivity (Wildman–Crippen MR) is 70.1 cm³/mol. The molecule has 5 heteroatoms. The van der Waals surface area contributed by atoms with Crippen LogP contribution in [0.3, 0.4) is 0 Å². The quantitative estimate of drug-likeness (QED) is 0.903. The first kappa shape index (κ1) is 13.9. The van der Waals surface area contributed by atoms with E-state index in [1.54, 1.807) is 14.0 Å². The van der Waals surface area contributed by atoms with Crippen molar-refractivity contribution in [3.8, 4) is 0 Å². The van der Waals surface area contributed by atoms with Gasteiger partial charge in [0.1, 0.15) is 5.60 Å². The van der Waals surface area contributed by atoms with Gasteiger partial charge >= 0.3 is 5.97 Å². The van der Waals surface area contributed by atoms with Gasteiger partial charge in [0.15, 0.2) is 5.82 Å². The summed E-state index contributed by atoms with van der Waals surface area (Å²) >= 11 is 0. The summed E-state index contributed by atoms with van der Waals surface area (Å²) in [5.41, 5.74) is 1.82. The molecule has 0 amide bonds. The Morgan fingerprint density at radius 2 is 1.84 bits per heavy atom. The summed E-state index contributed by atoms with van der Waals surface area (Å²) in [5, 5.41) is 9.14. The summed E-state index contributed by atoms with van der Waals surface area (Å²) in [5.74, 6) is -0.751. The predicted octanol–water partition coefficient (Wildman–Crippen LogP) is 2.31. The zero-order chi connectivity index (χ0) is 14.2. The van der Waals surface area contributed by atoms with Gasteiger partial charge in [0.25, 0.3) is 0 Å². The topological polar surface area (TPSA) is 72.3 Å². The minimum absolute atomic E-state index is 0.361. The Hall–Kier alpha value is -1.49. The molecule has 1 aromatic heterocycles. The first-order chi connectivity index (χ1) is 8.91. The smallest absolute Gasteiger partial charge is 0.310 e. The highest BCUT2D eigenvalue weighted by molar-refractivity contribution is 5.76. The van der Waals surface area contributed by atoms with E-state index in [1.807, 2.05) is 13.8 Å². The number of rotatable bonds is 4. The molecule has 1 unspecified atom stereocenters. The van der Waals surface area contributed by atoms with Crippen molar-refractivity contribution in [2.24, 2.45) is 0 Å². The number of nitrogens with zero attached hydrogens (tertiary/aromatic N) is 2. The van der Waals surface area contributed by atoms with Gasteiger partial charge in [0, 0.05) is 24.1 Å². The molecule has 2 rings (SSSR count). The van der Waals surface area contributed by atoms with Crippen molar-refractivity contribution in [2.75, 3.05) is 7.11 Å². The van der Waals surface area contributed by atoms with Crippen molar-refractivity contribution in [1.29, 1.82) is 0 Å². The molecule has 1 fully saturated rings. The summed E-state index contributed by atoms with van der Waals surface area (Å²) in [6, 6.07) is 0. The number of hydrogen-bond acceptors (Lipinski definition) is 4. The lowest BCUT2D eigenvalue weighted by Gasteiger charge is -2.39. The van der Waals surface area contributed by atoms with Crippen LogP contribution in [0.5, 0.6) is 0 Å². The van der Waals surface area contributed by atoms with E-state index in [0.717, 1.165) is 30.7 Å².